The van der Waals surface area contributed by atoms with Crippen molar-refractivity contribution >= 4 is 18.3 Å². The monoisotopic (exact) mass is 257 g/mol. The quantitative estimate of drug-likeness (QED) is 0.836. The van der Waals surface area contributed by atoms with E-state index in [1.165, 1.54) is 0 Å². The van der Waals surface area contributed by atoms with Crippen LogP contribution in [0, 0.1) is 5.92 Å². The number of nitrogens with zero attached hydrogens (tertiary/aromatic N) is 1. The maximum Gasteiger partial charge on any atom is 0.268 e. The highest BCUT2D eigenvalue weighted by molar-refractivity contribution is 5.92. The van der Waals surface area contributed by atoms with E-state index in [9.17, 15) is 4.79 Å². The van der Waals surface area contributed by atoms with Crippen molar-refractivity contribution in [1.82, 2.24) is 15.2 Å². The Bertz CT molecular complexity index is 378. The zero-order chi connectivity index (χ0) is 11.5. The highest BCUT2D eigenvalue weighted by atomic mass is 35.5. The van der Waals surface area contributed by atoms with Crippen molar-refractivity contribution in [2.75, 3.05) is 13.1 Å². The standard InChI is InChI=1S/C12H19N3O.ClH/c1-9-5-6-13-8-10(9)14-12(16)11-4-3-7-15(11)2;/h3-4,7,9-10,13H,5-6,8H2,1-2H3,(H,14,16);1H. The summed E-state index contributed by atoms with van der Waals surface area (Å²) >= 11 is 0. The molecule has 0 radical (unpaired) electrons. The molecule has 96 valence electrons. The van der Waals surface area contributed by atoms with E-state index >= 15 is 0 Å². The molecule has 1 amide bonds. The summed E-state index contributed by atoms with van der Waals surface area (Å²) in [6.45, 7) is 4.12. The summed E-state index contributed by atoms with van der Waals surface area (Å²) in [5, 5.41) is 6.40. The minimum absolute atomic E-state index is 0. The molecule has 1 aliphatic rings. The molecule has 5 heteroatoms. The Balaban J connectivity index is 0.00000144. The number of rotatable bonds is 2. The number of carbonyl (C=O) groups is 1. The smallest absolute Gasteiger partial charge is 0.268 e. The Hall–Kier alpha value is -1.00. The number of halogens is 1. The summed E-state index contributed by atoms with van der Waals surface area (Å²) in [7, 11) is 1.89. The maximum absolute atomic E-state index is 12.0. The molecular formula is C12H20ClN3O. The molecule has 0 aromatic carbocycles. The molecule has 2 rings (SSSR count). The molecule has 2 N–H and O–H groups in total. The zero-order valence-corrected chi connectivity index (χ0v) is 11.1. The van der Waals surface area contributed by atoms with Gasteiger partial charge in [0.2, 0.25) is 0 Å². The van der Waals surface area contributed by atoms with E-state index in [1.807, 2.05) is 29.9 Å². The summed E-state index contributed by atoms with van der Waals surface area (Å²) in [4.78, 5) is 12.0. The van der Waals surface area contributed by atoms with Gasteiger partial charge in [-0.15, -0.1) is 12.4 Å². The van der Waals surface area contributed by atoms with Crippen molar-refractivity contribution in [3.05, 3.63) is 24.0 Å². The minimum Gasteiger partial charge on any atom is -0.347 e. The fourth-order valence-electron chi connectivity index (χ4n) is 2.12. The van der Waals surface area contributed by atoms with Gasteiger partial charge in [0.25, 0.3) is 5.91 Å². The molecule has 17 heavy (non-hydrogen) atoms. The van der Waals surface area contributed by atoms with Crippen molar-refractivity contribution in [1.29, 1.82) is 0 Å². The summed E-state index contributed by atoms with van der Waals surface area (Å²) in [5.74, 6) is 0.568. The number of aryl methyl sites for hydroxylation is 1. The molecule has 0 bridgehead atoms. The number of hydrogen-bond acceptors (Lipinski definition) is 2. The summed E-state index contributed by atoms with van der Waals surface area (Å²) in [6, 6.07) is 3.98. The van der Waals surface area contributed by atoms with Gasteiger partial charge in [-0.2, -0.15) is 0 Å². The maximum atomic E-state index is 12.0. The SMILES string of the molecule is CC1CCNCC1NC(=O)c1cccn1C.Cl. The van der Waals surface area contributed by atoms with Gasteiger partial charge in [-0.3, -0.25) is 4.79 Å². The van der Waals surface area contributed by atoms with E-state index in [4.69, 9.17) is 0 Å². The highest BCUT2D eigenvalue weighted by Gasteiger charge is 2.23. The Labute approximate surface area is 108 Å². The molecule has 1 aromatic heterocycles. The van der Waals surface area contributed by atoms with Crippen LogP contribution in [0.2, 0.25) is 0 Å². The lowest BCUT2D eigenvalue weighted by Crippen LogP contribution is -2.50. The molecule has 2 atom stereocenters. The van der Waals surface area contributed by atoms with E-state index in [2.05, 4.69) is 17.6 Å². The van der Waals surface area contributed by atoms with Gasteiger partial charge in [0.05, 0.1) is 0 Å². The second-order valence-electron chi connectivity index (χ2n) is 4.55. The normalized spacial score (nSPS) is 23.9. The first-order valence-electron chi connectivity index (χ1n) is 5.81. The van der Waals surface area contributed by atoms with E-state index in [0.29, 0.717) is 5.92 Å². The fraction of sp³-hybridized carbons (Fsp3) is 0.583. The second-order valence-corrected chi connectivity index (χ2v) is 4.55. The van der Waals surface area contributed by atoms with Crippen LogP contribution in [0.25, 0.3) is 0 Å². The Morgan fingerprint density at radius 3 is 2.94 bits per heavy atom. The van der Waals surface area contributed by atoms with Gasteiger partial charge >= 0.3 is 0 Å². The first-order chi connectivity index (χ1) is 7.68. The third kappa shape index (κ3) is 3.23. The number of carbonyl (C=O) groups excluding carboxylic acids is 1. The van der Waals surface area contributed by atoms with Crippen molar-refractivity contribution in [3.8, 4) is 0 Å². The summed E-state index contributed by atoms with van der Waals surface area (Å²) < 4.78 is 1.84. The lowest BCUT2D eigenvalue weighted by Gasteiger charge is -2.30. The predicted octanol–water partition coefficient (Wildman–Crippen LogP) is 1.17. The average Bonchev–Trinajstić information content (AvgIpc) is 2.68. The number of hydrogen-bond donors (Lipinski definition) is 2. The number of aromatic nitrogens is 1. The van der Waals surface area contributed by atoms with Gasteiger partial charge in [0, 0.05) is 25.8 Å². The van der Waals surface area contributed by atoms with Crippen LogP contribution in [0.5, 0.6) is 0 Å². The first-order valence-corrected chi connectivity index (χ1v) is 5.81. The molecule has 0 saturated carbocycles. The van der Waals surface area contributed by atoms with E-state index in [1.54, 1.807) is 0 Å². The van der Waals surface area contributed by atoms with Gasteiger partial charge in [-0.05, 0) is 31.0 Å². The number of nitrogens with one attached hydrogen (secondary N) is 2. The molecule has 2 unspecified atom stereocenters. The van der Waals surface area contributed by atoms with Crippen LogP contribution in [0.1, 0.15) is 23.8 Å². The van der Waals surface area contributed by atoms with Gasteiger partial charge < -0.3 is 15.2 Å². The van der Waals surface area contributed by atoms with Crippen LogP contribution in [-0.4, -0.2) is 29.6 Å². The highest BCUT2D eigenvalue weighted by Crippen LogP contribution is 2.12. The third-order valence-electron chi connectivity index (χ3n) is 3.32. The van der Waals surface area contributed by atoms with Gasteiger partial charge in [-0.1, -0.05) is 6.92 Å². The van der Waals surface area contributed by atoms with Crippen molar-refractivity contribution in [3.63, 3.8) is 0 Å². The fourth-order valence-corrected chi connectivity index (χ4v) is 2.12. The van der Waals surface area contributed by atoms with Crippen LogP contribution in [-0.2, 0) is 7.05 Å². The van der Waals surface area contributed by atoms with Crippen LogP contribution >= 0.6 is 12.4 Å². The largest absolute Gasteiger partial charge is 0.347 e. The van der Waals surface area contributed by atoms with Gasteiger partial charge in [0.1, 0.15) is 5.69 Å². The van der Waals surface area contributed by atoms with E-state index < -0.39 is 0 Å². The Morgan fingerprint density at radius 2 is 2.35 bits per heavy atom. The van der Waals surface area contributed by atoms with Crippen molar-refractivity contribution in [2.45, 2.75) is 19.4 Å². The first kappa shape index (κ1) is 14.1. The molecule has 1 saturated heterocycles. The lowest BCUT2D eigenvalue weighted by atomic mass is 9.95. The molecule has 1 aliphatic heterocycles. The molecule has 1 aromatic rings. The minimum atomic E-state index is 0. The van der Waals surface area contributed by atoms with Crippen molar-refractivity contribution < 1.29 is 4.79 Å². The van der Waals surface area contributed by atoms with E-state index in [-0.39, 0.29) is 24.4 Å². The van der Waals surface area contributed by atoms with Gasteiger partial charge in [0.15, 0.2) is 0 Å². The molecule has 0 aliphatic carbocycles. The van der Waals surface area contributed by atoms with Gasteiger partial charge in [-0.25, -0.2) is 0 Å². The molecule has 2 heterocycles. The molecule has 1 fully saturated rings. The Kier molecular flexibility index (Phi) is 5.02. The van der Waals surface area contributed by atoms with E-state index in [0.717, 1.165) is 25.2 Å². The summed E-state index contributed by atoms with van der Waals surface area (Å²) in [5.41, 5.74) is 0.720. The van der Waals surface area contributed by atoms with Crippen LogP contribution in [0.4, 0.5) is 0 Å². The van der Waals surface area contributed by atoms with Crippen molar-refractivity contribution in [2.24, 2.45) is 13.0 Å². The molecular weight excluding hydrogens is 238 g/mol. The molecule has 4 nitrogen and oxygen atoms in total. The van der Waals surface area contributed by atoms with Crippen LogP contribution in [0.3, 0.4) is 0 Å². The predicted molar refractivity (Wildman–Crippen MR) is 70.6 cm³/mol. The topological polar surface area (TPSA) is 46.1 Å². The number of piperidine rings is 1. The second kappa shape index (κ2) is 6.07. The van der Waals surface area contributed by atoms with Crippen LogP contribution < -0.4 is 10.6 Å². The Morgan fingerprint density at radius 1 is 1.59 bits per heavy atom. The third-order valence-corrected chi connectivity index (χ3v) is 3.32. The zero-order valence-electron chi connectivity index (χ0n) is 10.3. The summed E-state index contributed by atoms with van der Waals surface area (Å²) in [6.07, 6.45) is 3.01. The number of amides is 1. The molecule has 0 spiro atoms. The van der Waals surface area contributed by atoms with Crippen LogP contribution in [0.15, 0.2) is 18.3 Å². The average molecular weight is 258 g/mol. The lowest BCUT2D eigenvalue weighted by molar-refractivity contribution is 0.0907.